The molecule has 0 bridgehead atoms. The van der Waals surface area contributed by atoms with Gasteiger partial charge in [-0.15, -0.1) is 11.3 Å². The van der Waals surface area contributed by atoms with Gasteiger partial charge in [-0.1, -0.05) is 12.1 Å². The van der Waals surface area contributed by atoms with Crippen LogP contribution < -0.4 is 10.1 Å². The van der Waals surface area contributed by atoms with Crippen molar-refractivity contribution in [1.29, 1.82) is 0 Å². The number of carboxylic acids is 1. The number of ether oxygens (including phenoxy) is 1. The lowest BCUT2D eigenvalue weighted by Gasteiger charge is -2.13. The molecule has 150 valence electrons. The quantitative estimate of drug-likeness (QED) is 0.237. The average molecular weight is 749 g/mol. The first-order chi connectivity index (χ1) is 13.7. The summed E-state index contributed by atoms with van der Waals surface area (Å²) in [4.78, 5) is 25.2. The number of carbonyl (C=O) groups is 2. The summed E-state index contributed by atoms with van der Waals surface area (Å²) in [5, 5.41) is 14.0. The van der Waals surface area contributed by atoms with Crippen LogP contribution in [0.5, 0.6) is 5.75 Å². The molecule has 5 nitrogen and oxygen atoms in total. The molecule has 3 aromatic rings. The smallest absolute Gasteiger partial charge is 0.339 e. The van der Waals surface area contributed by atoms with Crippen LogP contribution in [-0.2, 0) is 0 Å². The molecule has 0 aliphatic rings. The van der Waals surface area contributed by atoms with Crippen LogP contribution in [0.2, 0.25) is 0 Å². The van der Waals surface area contributed by atoms with Crippen LogP contribution in [0.1, 0.15) is 20.7 Å². The van der Waals surface area contributed by atoms with Crippen molar-refractivity contribution in [2.24, 2.45) is 0 Å². The van der Waals surface area contributed by atoms with Crippen LogP contribution >= 0.6 is 79.1 Å². The molecule has 0 aliphatic heterocycles. The molecule has 0 saturated carbocycles. The third-order valence-corrected chi connectivity index (χ3v) is 8.94. The summed E-state index contributed by atoms with van der Waals surface area (Å²) in [6.07, 6.45) is 0. The van der Waals surface area contributed by atoms with Gasteiger partial charge in [-0.25, -0.2) is 9.18 Å². The zero-order valence-corrected chi connectivity index (χ0v) is 21.8. The molecule has 3 rings (SSSR count). The lowest BCUT2D eigenvalue weighted by molar-refractivity contribution is 0.0699. The van der Waals surface area contributed by atoms with Crippen LogP contribution in [0.3, 0.4) is 0 Å². The fraction of sp³-hybridized carbons (Fsp3) is 0.0526. The lowest BCUT2D eigenvalue weighted by Crippen LogP contribution is -2.16. The molecule has 2 aromatic carbocycles. The monoisotopic (exact) mass is 749 g/mol. The van der Waals surface area contributed by atoms with E-state index in [1.54, 1.807) is 18.6 Å². The molecule has 0 aliphatic carbocycles. The molecule has 1 aromatic heterocycles. The van der Waals surface area contributed by atoms with Gasteiger partial charge in [-0.3, -0.25) is 4.79 Å². The highest BCUT2D eigenvalue weighted by Gasteiger charge is 2.24. The second-order valence-corrected chi connectivity index (χ2v) is 9.89. The normalized spacial score (nSPS) is 10.7. The highest BCUT2D eigenvalue weighted by atomic mass is 127. The molecule has 1 heterocycles. The molecular weight excluding hydrogens is 738 g/mol. The number of thiophene rings is 1. The molecule has 0 fully saturated rings. The minimum absolute atomic E-state index is 0.0251. The Kier molecular flexibility index (Phi) is 7.37. The number of nitrogens with one attached hydrogen (secondary N) is 1. The summed E-state index contributed by atoms with van der Waals surface area (Å²) in [6.45, 7) is 0. The molecule has 29 heavy (non-hydrogen) atoms. The largest absolute Gasteiger partial charge is 0.494 e. The predicted molar refractivity (Wildman–Crippen MR) is 136 cm³/mol. The minimum Gasteiger partial charge on any atom is -0.494 e. The number of amides is 1. The van der Waals surface area contributed by atoms with Crippen molar-refractivity contribution < 1.29 is 23.8 Å². The van der Waals surface area contributed by atoms with Crippen LogP contribution in [0, 0.1) is 16.5 Å². The van der Waals surface area contributed by atoms with Crippen LogP contribution in [0.15, 0.2) is 35.7 Å². The highest BCUT2D eigenvalue weighted by molar-refractivity contribution is 14.1. The third kappa shape index (κ3) is 4.69. The van der Waals surface area contributed by atoms with Crippen molar-refractivity contribution in [3.8, 4) is 16.2 Å². The first kappa shape index (κ1) is 22.7. The Balaban J connectivity index is 2.00. The Morgan fingerprint density at radius 3 is 2.38 bits per heavy atom. The molecule has 0 unspecified atom stereocenters. The molecule has 1 amide bonds. The number of carbonyl (C=O) groups excluding carboxylic acids is 1. The van der Waals surface area contributed by atoms with Gasteiger partial charge in [0, 0.05) is 8.95 Å². The van der Waals surface area contributed by atoms with E-state index in [2.05, 4.69) is 73.1 Å². The zero-order valence-electron chi connectivity index (χ0n) is 14.6. The summed E-state index contributed by atoms with van der Waals surface area (Å²) >= 11 is 7.44. The van der Waals surface area contributed by atoms with Gasteiger partial charge in [0.05, 0.1) is 30.4 Å². The minimum atomic E-state index is -1.17. The Hall–Kier alpha value is -1.000. The molecule has 2 N–H and O–H groups in total. The maximum atomic E-state index is 13.2. The molecule has 0 radical (unpaired) electrons. The van der Waals surface area contributed by atoms with Crippen molar-refractivity contribution in [2.75, 3.05) is 12.4 Å². The Morgan fingerprint density at radius 1 is 1.14 bits per heavy atom. The number of benzene rings is 2. The maximum absolute atomic E-state index is 13.2. The first-order valence-electron chi connectivity index (χ1n) is 7.88. The van der Waals surface area contributed by atoms with E-state index in [1.165, 1.54) is 35.6 Å². The van der Waals surface area contributed by atoms with Crippen LogP contribution in [0.25, 0.3) is 10.4 Å². The van der Waals surface area contributed by atoms with Crippen LogP contribution in [-0.4, -0.2) is 24.1 Å². The van der Waals surface area contributed by atoms with E-state index in [0.717, 1.165) is 7.14 Å². The summed E-state index contributed by atoms with van der Waals surface area (Å²) in [5.74, 6) is -1.31. The van der Waals surface area contributed by atoms with Gasteiger partial charge in [-0.2, -0.15) is 0 Å². The standard InChI is InChI=1S/C19H11FI3NO4S/c1-28-16-11(21)6-10(14(22)15(16)23)18(25)24-12-7-29-17(13(12)19(26)27)8-2-4-9(20)5-3-8/h2-7H,1H3,(H,24,25)(H,26,27). The van der Waals surface area contributed by atoms with Crippen molar-refractivity contribution >= 4 is 96.7 Å². The van der Waals surface area contributed by atoms with Gasteiger partial charge in [0.15, 0.2) is 0 Å². The molecule has 0 saturated heterocycles. The van der Waals surface area contributed by atoms with E-state index in [4.69, 9.17) is 4.74 Å². The number of methoxy groups -OCH3 is 1. The van der Waals surface area contributed by atoms with Gasteiger partial charge >= 0.3 is 5.97 Å². The molecule has 10 heteroatoms. The van der Waals surface area contributed by atoms with Gasteiger partial charge in [0.1, 0.15) is 17.1 Å². The highest BCUT2D eigenvalue weighted by Crippen LogP contribution is 2.37. The Morgan fingerprint density at radius 2 is 1.79 bits per heavy atom. The maximum Gasteiger partial charge on any atom is 0.339 e. The number of halogens is 4. The van der Waals surface area contributed by atoms with E-state index in [0.29, 0.717) is 25.3 Å². The van der Waals surface area contributed by atoms with E-state index < -0.39 is 17.7 Å². The van der Waals surface area contributed by atoms with Crippen LogP contribution in [0.4, 0.5) is 10.1 Å². The number of hydrogen-bond acceptors (Lipinski definition) is 4. The topological polar surface area (TPSA) is 75.6 Å². The van der Waals surface area contributed by atoms with E-state index in [-0.39, 0.29) is 11.3 Å². The number of hydrogen-bond donors (Lipinski definition) is 2. The zero-order chi connectivity index (χ0) is 21.3. The van der Waals surface area contributed by atoms with E-state index >= 15 is 0 Å². The Labute approximate surface area is 210 Å². The summed E-state index contributed by atoms with van der Waals surface area (Å²) < 4.78 is 20.9. The van der Waals surface area contributed by atoms with Crippen molar-refractivity contribution in [3.63, 3.8) is 0 Å². The third-order valence-electron chi connectivity index (χ3n) is 3.92. The van der Waals surface area contributed by atoms with E-state index in [9.17, 15) is 19.1 Å². The molecule has 0 spiro atoms. The number of anilines is 1. The second kappa shape index (κ2) is 9.43. The summed E-state index contributed by atoms with van der Waals surface area (Å²) in [6, 6.07) is 7.25. The van der Waals surface area contributed by atoms with Gasteiger partial charge in [-0.05, 0) is 91.5 Å². The molecule has 0 atom stereocenters. The summed E-state index contributed by atoms with van der Waals surface area (Å²) in [5.41, 5.74) is 1.16. The van der Waals surface area contributed by atoms with Crippen molar-refractivity contribution in [2.45, 2.75) is 0 Å². The van der Waals surface area contributed by atoms with Gasteiger partial charge < -0.3 is 15.2 Å². The van der Waals surface area contributed by atoms with Gasteiger partial charge in [0.25, 0.3) is 5.91 Å². The molecular formula is C19H11FI3NO4S. The Bertz CT molecular complexity index is 1120. The van der Waals surface area contributed by atoms with Crippen molar-refractivity contribution in [1.82, 2.24) is 0 Å². The summed E-state index contributed by atoms with van der Waals surface area (Å²) in [7, 11) is 1.57. The fourth-order valence-corrected chi connectivity index (χ4v) is 6.36. The predicted octanol–water partition coefficient (Wildman–Crippen LogP) is 6.33. The van der Waals surface area contributed by atoms with E-state index in [1.807, 2.05) is 0 Å². The first-order valence-corrected chi connectivity index (χ1v) is 12.0. The lowest BCUT2D eigenvalue weighted by atomic mass is 10.1. The van der Waals surface area contributed by atoms with Crippen molar-refractivity contribution in [3.05, 3.63) is 63.4 Å². The number of rotatable bonds is 5. The number of carboxylic acid groups (broad SMARTS) is 1. The average Bonchev–Trinajstić information content (AvgIpc) is 3.09. The number of aromatic carboxylic acids is 1. The second-order valence-electron chi connectivity index (χ2n) is 5.69. The van der Waals surface area contributed by atoms with Gasteiger partial charge in [0.2, 0.25) is 0 Å². The SMILES string of the molecule is COc1c(I)cc(C(=O)Nc2csc(-c3ccc(F)cc3)c2C(=O)O)c(I)c1I. The fourth-order valence-electron chi connectivity index (χ4n) is 2.60.